The van der Waals surface area contributed by atoms with Crippen LogP contribution in [0.2, 0.25) is 5.02 Å². The Bertz CT molecular complexity index is 1160. The molecule has 4 rings (SSSR count). The monoisotopic (exact) mass is 517 g/mol. The summed E-state index contributed by atoms with van der Waals surface area (Å²) < 4.78 is 33.8. The Labute approximate surface area is 213 Å². The van der Waals surface area contributed by atoms with Crippen molar-refractivity contribution in [2.24, 2.45) is 0 Å². The number of hydrogen-bond acceptors (Lipinski definition) is 9. The van der Waals surface area contributed by atoms with E-state index in [1.54, 1.807) is 42.5 Å². The first-order chi connectivity index (χ1) is 17.7. The van der Waals surface area contributed by atoms with Crippen molar-refractivity contribution in [3.05, 3.63) is 57.8 Å². The second-order valence-corrected chi connectivity index (χ2v) is 8.10. The molecule has 0 aliphatic carbocycles. The van der Waals surface area contributed by atoms with Crippen LogP contribution in [0.1, 0.15) is 0 Å². The van der Waals surface area contributed by atoms with Crippen molar-refractivity contribution in [1.29, 1.82) is 0 Å². The number of aromatic amines is 1. The van der Waals surface area contributed by atoms with Gasteiger partial charge in [0, 0.05) is 16.1 Å². The Morgan fingerprint density at radius 2 is 1.17 bits per heavy atom. The molecule has 192 valence electrons. The molecule has 11 heteroatoms. The molecule has 0 fully saturated rings. The Hall–Kier alpha value is -3.02. The minimum atomic E-state index is -0.380. The summed E-state index contributed by atoms with van der Waals surface area (Å²) in [5.41, 5.74) is 1.03. The molecule has 0 saturated heterocycles. The maximum absolute atomic E-state index is 12.8. The van der Waals surface area contributed by atoms with Crippen LogP contribution in [0.15, 0.2) is 47.3 Å². The van der Waals surface area contributed by atoms with Crippen LogP contribution >= 0.6 is 11.6 Å². The SMILES string of the molecule is O=c1[nH]c(-c2ccc(Cl)cc2)nnc1-c1ccc2c(c1)OCCOCCOCCOCCOCCO2. The molecule has 0 radical (unpaired) electrons. The molecule has 10 nitrogen and oxygen atoms in total. The maximum Gasteiger partial charge on any atom is 0.278 e. The first kappa shape index (κ1) is 26.1. The number of nitrogens with zero attached hydrogens (tertiary/aromatic N) is 2. The molecule has 0 amide bonds. The van der Waals surface area contributed by atoms with E-state index in [4.69, 9.17) is 40.0 Å². The number of halogens is 1. The molecule has 1 aromatic heterocycles. The van der Waals surface area contributed by atoms with Gasteiger partial charge in [-0.2, -0.15) is 0 Å². The summed E-state index contributed by atoms with van der Waals surface area (Å²) in [4.78, 5) is 15.6. The second kappa shape index (κ2) is 13.9. The average Bonchev–Trinajstić information content (AvgIpc) is 2.89. The molecule has 0 saturated carbocycles. The zero-order valence-corrected chi connectivity index (χ0v) is 20.5. The predicted molar refractivity (Wildman–Crippen MR) is 133 cm³/mol. The number of rotatable bonds is 2. The zero-order valence-electron chi connectivity index (χ0n) is 19.7. The smallest absolute Gasteiger partial charge is 0.278 e. The summed E-state index contributed by atoms with van der Waals surface area (Å²) in [6.07, 6.45) is 0. The minimum absolute atomic E-state index is 0.162. The Morgan fingerprint density at radius 3 is 1.75 bits per heavy atom. The third kappa shape index (κ3) is 7.74. The van der Waals surface area contributed by atoms with Crippen LogP contribution in [0.3, 0.4) is 0 Å². The third-order valence-corrected chi connectivity index (χ3v) is 5.37. The summed E-state index contributed by atoms with van der Waals surface area (Å²) in [6, 6.07) is 12.1. The van der Waals surface area contributed by atoms with Crippen LogP contribution in [0, 0.1) is 0 Å². The topological polar surface area (TPSA) is 114 Å². The second-order valence-electron chi connectivity index (χ2n) is 7.67. The number of aromatic nitrogens is 3. The van der Waals surface area contributed by atoms with E-state index in [2.05, 4.69) is 15.2 Å². The van der Waals surface area contributed by atoms with E-state index < -0.39 is 0 Å². The normalized spacial score (nSPS) is 16.6. The number of hydrogen-bond donors (Lipinski definition) is 1. The summed E-state index contributed by atoms with van der Waals surface area (Å²) in [6.45, 7) is 4.24. The van der Waals surface area contributed by atoms with E-state index >= 15 is 0 Å². The zero-order chi connectivity index (χ0) is 25.0. The van der Waals surface area contributed by atoms with Gasteiger partial charge in [0.15, 0.2) is 23.0 Å². The van der Waals surface area contributed by atoms with Gasteiger partial charge in [-0.3, -0.25) is 4.79 Å². The highest BCUT2D eigenvalue weighted by molar-refractivity contribution is 6.30. The van der Waals surface area contributed by atoms with Gasteiger partial charge < -0.3 is 33.4 Å². The van der Waals surface area contributed by atoms with Gasteiger partial charge in [-0.25, -0.2) is 0 Å². The van der Waals surface area contributed by atoms with Crippen LogP contribution in [0.5, 0.6) is 11.5 Å². The van der Waals surface area contributed by atoms with Crippen LogP contribution in [0.25, 0.3) is 22.6 Å². The van der Waals surface area contributed by atoms with Gasteiger partial charge in [0.2, 0.25) is 0 Å². The fourth-order valence-electron chi connectivity index (χ4n) is 3.33. The van der Waals surface area contributed by atoms with E-state index in [0.29, 0.717) is 92.9 Å². The first-order valence-electron chi connectivity index (χ1n) is 11.6. The molecule has 2 heterocycles. The molecule has 1 N–H and O–H groups in total. The first-order valence-corrected chi connectivity index (χ1v) is 12.0. The Balaban J connectivity index is 1.49. The summed E-state index contributed by atoms with van der Waals surface area (Å²) in [5.74, 6) is 1.33. The van der Waals surface area contributed by atoms with Crippen LogP contribution in [-0.2, 0) is 18.9 Å². The lowest BCUT2D eigenvalue weighted by atomic mass is 10.1. The third-order valence-electron chi connectivity index (χ3n) is 5.12. The number of nitrogens with one attached hydrogen (secondary N) is 1. The van der Waals surface area contributed by atoms with Gasteiger partial charge in [-0.1, -0.05) is 11.6 Å². The molecule has 2 aromatic carbocycles. The molecule has 0 atom stereocenters. The van der Waals surface area contributed by atoms with Crippen molar-refractivity contribution in [2.45, 2.75) is 0 Å². The highest BCUT2D eigenvalue weighted by Gasteiger charge is 2.14. The summed E-state index contributed by atoms with van der Waals surface area (Å²) >= 11 is 5.94. The average molecular weight is 518 g/mol. The highest BCUT2D eigenvalue weighted by atomic mass is 35.5. The Kier molecular flexibility index (Phi) is 10.1. The standard InChI is InChI=1S/C25H28ClN3O7/c26-20-4-1-18(2-5-20)24-27-25(30)23(28-29-24)19-3-6-21-22(17-19)36-16-14-34-12-10-32-8-7-31-9-11-33-13-15-35-21/h1-6,17H,7-16H2,(H,27,29,30). The molecule has 1 aliphatic rings. The molecule has 0 spiro atoms. The highest BCUT2D eigenvalue weighted by Crippen LogP contribution is 2.31. The number of ether oxygens (including phenoxy) is 6. The van der Waals surface area contributed by atoms with E-state index in [9.17, 15) is 4.79 Å². The van der Waals surface area contributed by atoms with Crippen molar-refractivity contribution < 1.29 is 28.4 Å². The van der Waals surface area contributed by atoms with Crippen LogP contribution < -0.4 is 15.0 Å². The van der Waals surface area contributed by atoms with Gasteiger partial charge in [-0.15, -0.1) is 10.2 Å². The van der Waals surface area contributed by atoms with E-state index in [1.807, 2.05) is 0 Å². The van der Waals surface area contributed by atoms with Crippen molar-refractivity contribution in [3.63, 3.8) is 0 Å². The fourth-order valence-corrected chi connectivity index (χ4v) is 3.46. The van der Waals surface area contributed by atoms with E-state index in [-0.39, 0.29) is 17.9 Å². The van der Waals surface area contributed by atoms with Gasteiger partial charge in [-0.05, 0) is 42.5 Å². The summed E-state index contributed by atoms with van der Waals surface area (Å²) in [5, 5.41) is 8.94. The van der Waals surface area contributed by atoms with E-state index in [0.717, 1.165) is 0 Å². The van der Waals surface area contributed by atoms with Gasteiger partial charge in [0.05, 0.1) is 52.9 Å². The number of H-pyrrole nitrogens is 1. The molecular formula is C25H28ClN3O7. The van der Waals surface area contributed by atoms with Gasteiger partial charge in [0.25, 0.3) is 5.56 Å². The number of fused-ring (bicyclic) bond motifs is 1. The van der Waals surface area contributed by atoms with Crippen LogP contribution in [-0.4, -0.2) is 81.3 Å². The molecule has 0 unspecified atom stereocenters. The molecule has 1 aliphatic heterocycles. The molecule has 3 aromatic rings. The van der Waals surface area contributed by atoms with Crippen molar-refractivity contribution in [2.75, 3.05) is 66.1 Å². The quantitative estimate of drug-likeness (QED) is 0.547. The van der Waals surface area contributed by atoms with Crippen molar-refractivity contribution >= 4 is 11.6 Å². The van der Waals surface area contributed by atoms with E-state index in [1.165, 1.54) is 0 Å². The lowest BCUT2D eigenvalue weighted by Crippen LogP contribution is -2.16. The van der Waals surface area contributed by atoms with Gasteiger partial charge in [0.1, 0.15) is 13.2 Å². The molecular weight excluding hydrogens is 490 g/mol. The van der Waals surface area contributed by atoms with Crippen molar-refractivity contribution in [1.82, 2.24) is 15.2 Å². The largest absolute Gasteiger partial charge is 0.487 e. The predicted octanol–water partition coefficient (Wildman–Crippen LogP) is 2.99. The maximum atomic E-state index is 12.8. The lowest BCUT2D eigenvalue weighted by Gasteiger charge is -2.15. The van der Waals surface area contributed by atoms with Crippen LogP contribution in [0.4, 0.5) is 0 Å². The fraction of sp³-hybridized carbons (Fsp3) is 0.400. The lowest BCUT2D eigenvalue weighted by molar-refractivity contribution is -0.00841. The Morgan fingerprint density at radius 1 is 0.639 bits per heavy atom. The van der Waals surface area contributed by atoms with Crippen molar-refractivity contribution in [3.8, 4) is 34.1 Å². The van der Waals surface area contributed by atoms with Gasteiger partial charge >= 0.3 is 0 Å². The minimum Gasteiger partial charge on any atom is -0.487 e. The summed E-state index contributed by atoms with van der Waals surface area (Å²) in [7, 11) is 0. The molecule has 0 bridgehead atoms. The number of benzene rings is 2. The molecule has 36 heavy (non-hydrogen) atoms.